The van der Waals surface area contributed by atoms with Gasteiger partial charge >= 0.3 is 69.3 Å². The molecule has 29 heavy (non-hydrogen) atoms. The molecule has 0 saturated carbocycles. The maximum absolute atomic E-state index is 11.8. The molecule has 0 fully saturated rings. The zero-order valence-corrected chi connectivity index (χ0v) is 17.5. The molecule has 0 rings (SSSR count). The molecule has 2 atom stereocenters. The summed E-state index contributed by atoms with van der Waals surface area (Å²) in [5, 5.41) is 19.2. The van der Waals surface area contributed by atoms with Crippen LogP contribution in [0.15, 0.2) is 24.3 Å². The van der Waals surface area contributed by atoms with Crippen LogP contribution < -0.4 is 0 Å². The third-order valence-corrected chi connectivity index (χ3v) is 4.79. The Morgan fingerprint density at radius 3 is 1.97 bits per heavy atom. The second kappa shape index (κ2) is 18.3. The van der Waals surface area contributed by atoms with E-state index in [9.17, 15) is 24.6 Å². The Morgan fingerprint density at radius 2 is 1.52 bits per heavy atom. The van der Waals surface area contributed by atoms with Crippen LogP contribution in [0.25, 0.3) is 0 Å². The van der Waals surface area contributed by atoms with Crippen molar-refractivity contribution in [3.8, 4) is 0 Å². The Hall–Kier alpha value is -0.474. The second-order valence-electron chi connectivity index (χ2n) is 6.98. The van der Waals surface area contributed by atoms with Gasteiger partial charge in [-0.05, 0) is 26.2 Å². The molecule has 0 aliphatic heterocycles. The SMILES string of the molecule is C/C=C/C(=O)OC(CC)(C(=O)O)C(/C=C/CCCCCCCCCC)C(=O)O.[KH]. The molecule has 0 bridgehead atoms. The van der Waals surface area contributed by atoms with Gasteiger partial charge in [0.25, 0.3) is 0 Å². The molecule has 0 saturated heterocycles. The Bertz CT molecular complexity index is 543. The number of carboxylic acids is 2. The van der Waals surface area contributed by atoms with Crippen LogP contribution in [0, 0.1) is 5.92 Å². The number of allylic oxidation sites excluding steroid dienone is 2. The quantitative estimate of drug-likeness (QED) is 0.122. The topological polar surface area (TPSA) is 101 Å². The molecule has 7 heteroatoms. The third-order valence-electron chi connectivity index (χ3n) is 4.79. The molecule has 0 radical (unpaired) electrons. The van der Waals surface area contributed by atoms with E-state index in [0.29, 0.717) is 6.42 Å². The van der Waals surface area contributed by atoms with Gasteiger partial charge in [0.2, 0.25) is 5.60 Å². The summed E-state index contributed by atoms with van der Waals surface area (Å²) in [5.74, 6) is -5.10. The Kier molecular flexibility index (Phi) is 19.4. The fourth-order valence-electron chi connectivity index (χ4n) is 3.10. The van der Waals surface area contributed by atoms with Crippen molar-refractivity contribution in [2.75, 3.05) is 0 Å². The van der Waals surface area contributed by atoms with Crippen molar-refractivity contribution in [1.82, 2.24) is 0 Å². The van der Waals surface area contributed by atoms with Crippen molar-refractivity contribution >= 4 is 69.3 Å². The summed E-state index contributed by atoms with van der Waals surface area (Å²) < 4.78 is 5.10. The van der Waals surface area contributed by atoms with Crippen LogP contribution in [0.2, 0.25) is 0 Å². The predicted octanol–water partition coefficient (Wildman–Crippen LogP) is 4.48. The Labute approximate surface area is 217 Å². The van der Waals surface area contributed by atoms with Crippen LogP contribution in [0.1, 0.15) is 85.0 Å². The van der Waals surface area contributed by atoms with Crippen LogP contribution in [0.3, 0.4) is 0 Å². The van der Waals surface area contributed by atoms with Crippen LogP contribution in [0.4, 0.5) is 0 Å². The first kappa shape index (κ1) is 30.7. The molecule has 0 aliphatic carbocycles. The van der Waals surface area contributed by atoms with Crippen molar-refractivity contribution in [3.05, 3.63) is 24.3 Å². The average molecular weight is 437 g/mol. The van der Waals surface area contributed by atoms with Gasteiger partial charge in [-0.3, -0.25) is 4.79 Å². The molecule has 6 nitrogen and oxygen atoms in total. The number of hydrogen-bond acceptors (Lipinski definition) is 4. The number of rotatable bonds is 16. The minimum absolute atomic E-state index is 0. The number of carboxylic acid groups (broad SMARTS) is 2. The molecule has 0 amide bonds. The molecule has 0 aromatic carbocycles. The summed E-state index contributed by atoms with van der Waals surface area (Å²) >= 11 is 0. The summed E-state index contributed by atoms with van der Waals surface area (Å²) in [6.45, 7) is 5.28. The van der Waals surface area contributed by atoms with E-state index < -0.39 is 29.4 Å². The molecule has 2 N–H and O–H groups in total. The third kappa shape index (κ3) is 12.1. The Balaban J connectivity index is 0. The summed E-state index contributed by atoms with van der Waals surface area (Å²) in [6, 6.07) is 0. The van der Waals surface area contributed by atoms with E-state index in [2.05, 4.69) is 6.92 Å². The first-order chi connectivity index (χ1) is 13.4. The van der Waals surface area contributed by atoms with E-state index >= 15 is 0 Å². The van der Waals surface area contributed by atoms with Crippen molar-refractivity contribution in [2.24, 2.45) is 5.92 Å². The van der Waals surface area contributed by atoms with Crippen molar-refractivity contribution in [2.45, 2.75) is 90.6 Å². The minimum atomic E-state index is -2.13. The van der Waals surface area contributed by atoms with Gasteiger partial charge in [0.15, 0.2) is 0 Å². The van der Waals surface area contributed by atoms with Crippen LogP contribution >= 0.6 is 0 Å². The van der Waals surface area contributed by atoms with Crippen molar-refractivity contribution in [1.29, 1.82) is 0 Å². The number of aliphatic carboxylic acids is 2. The number of unbranched alkanes of at least 4 members (excludes halogenated alkanes) is 8. The number of hydrogen-bond donors (Lipinski definition) is 2. The van der Waals surface area contributed by atoms with Gasteiger partial charge in [-0.25, -0.2) is 9.59 Å². The van der Waals surface area contributed by atoms with Gasteiger partial charge in [-0.15, -0.1) is 0 Å². The van der Waals surface area contributed by atoms with Gasteiger partial charge in [0.05, 0.1) is 0 Å². The first-order valence-corrected chi connectivity index (χ1v) is 10.3. The van der Waals surface area contributed by atoms with Crippen LogP contribution in [-0.2, 0) is 19.1 Å². The van der Waals surface area contributed by atoms with Crippen molar-refractivity contribution in [3.63, 3.8) is 0 Å². The van der Waals surface area contributed by atoms with E-state index in [1.165, 1.54) is 51.2 Å². The zero-order valence-electron chi connectivity index (χ0n) is 17.5. The summed E-state index contributed by atoms with van der Waals surface area (Å²) in [7, 11) is 0. The van der Waals surface area contributed by atoms with Gasteiger partial charge in [0, 0.05) is 6.08 Å². The van der Waals surface area contributed by atoms with E-state index in [1.54, 1.807) is 13.0 Å². The molecule has 0 aromatic heterocycles. The fraction of sp³-hybridized carbons (Fsp3) is 0.682. The van der Waals surface area contributed by atoms with Crippen LogP contribution in [0.5, 0.6) is 0 Å². The van der Waals surface area contributed by atoms with Crippen molar-refractivity contribution < 1.29 is 29.3 Å². The monoisotopic (exact) mass is 436 g/mol. The van der Waals surface area contributed by atoms with E-state index in [-0.39, 0.29) is 57.8 Å². The summed E-state index contributed by atoms with van der Waals surface area (Å²) in [4.78, 5) is 35.3. The van der Waals surface area contributed by atoms with E-state index in [4.69, 9.17) is 4.74 Å². The van der Waals surface area contributed by atoms with Gasteiger partial charge in [-0.1, -0.05) is 77.0 Å². The first-order valence-electron chi connectivity index (χ1n) is 10.3. The fourth-order valence-corrected chi connectivity index (χ4v) is 3.10. The Morgan fingerprint density at radius 1 is 0.966 bits per heavy atom. The van der Waals surface area contributed by atoms with E-state index in [1.807, 2.05) is 0 Å². The molecular weight excluding hydrogens is 399 g/mol. The number of esters is 1. The zero-order chi connectivity index (χ0) is 21.4. The van der Waals surface area contributed by atoms with Gasteiger partial charge in [-0.2, -0.15) is 0 Å². The number of carbonyl (C=O) groups excluding carboxylic acids is 1. The number of carbonyl (C=O) groups is 3. The summed E-state index contributed by atoms with van der Waals surface area (Å²) in [6.07, 6.45) is 15.4. The molecule has 0 heterocycles. The normalized spacial score (nSPS) is 14.3. The average Bonchev–Trinajstić information content (AvgIpc) is 2.64. The second-order valence-corrected chi connectivity index (χ2v) is 6.98. The molecular formula is C22H37KO6. The van der Waals surface area contributed by atoms with Gasteiger partial charge in [0.1, 0.15) is 5.92 Å². The molecule has 2 unspecified atom stereocenters. The maximum atomic E-state index is 11.8. The number of ether oxygens (including phenoxy) is 1. The van der Waals surface area contributed by atoms with Gasteiger partial charge < -0.3 is 14.9 Å². The molecule has 0 aliphatic rings. The molecule has 0 spiro atoms. The predicted molar refractivity (Wildman–Crippen MR) is 116 cm³/mol. The van der Waals surface area contributed by atoms with E-state index in [0.717, 1.165) is 25.3 Å². The molecule has 0 aromatic rings. The van der Waals surface area contributed by atoms with Crippen LogP contribution in [-0.4, -0.2) is 85.1 Å². The summed E-state index contributed by atoms with van der Waals surface area (Å²) in [5.41, 5.74) is -2.13. The molecule has 162 valence electrons. The standard InChI is InChI=1S/C22H36O6.K.H/c1-4-7-8-9-10-11-12-13-14-15-17-18(20(24)25)22(6-3,21(26)27)28-19(23)16-5-2;;/h5,15-18H,4,6-14H2,1-3H3,(H,24,25)(H,26,27);;/b16-5+,17-15+;;.